The highest BCUT2D eigenvalue weighted by atomic mass is 32.1. The number of nitrogens with zero attached hydrogens (tertiary/aromatic N) is 2. The summed E-state index contributed by atoms with van der Waals surface area (Å²) in [6.07, 6.45) is 5.47. The Bertz CT molecular complexity index is 919. The number of esters is 1. The number of aromatic nitrogens is 2. The maximum absolute atomic E-state index is 12.5. The summed E-state index contributed by atoms with van der Waals surface area (Å²) in [6.45, 7) is 4.46. The number of fused-ring (bicyclic) bond motifs is 1. The molecule has 1 amide bonds. The van der Waals surface area contributed by atoms with Gasteiger partial charge in [-0.05, 0) is 57.3 Å². The van der Waals surface area contributed by atoms with Crippen LogP contribution in [0.1, 0.15) is 58.0 Å². The van der Waals surface area contributed by atoms with Gasteiger partial charge in [0.05, 0.1) is 24.1 Å². The number of nitrogens with one attached hydrogen (secondary N) is 2. The summed E-state index contributed by atoms with van der Waals surface area (Å²) < 4.78 is 6.75. The molecule has 8 nitrogen and oxygen atoms in total. The van der Waals surface area contributed by atoms with E-state index in [-0.39, 0.29) is 16.8 Å². The minimum absolute atomic E-state index is 0.252. The molecule has 10 heteroatoms. The quantitative estimate of drug-likeness (QED) is 0.486. The van der Waals surface area contributed by atoms with E-state index in [2.05, 4.69) is 15.7 Å². The summed E-state index contributed by atoms with van der Waals surface area (Å²) >= 11 is 6.93. The molecule has 1 aliphatic carbocycles. The lowest BCUT2D eigenvalue weighted by molar-refractivity contribution is 0.0526. The maximum atomic E-state index is 12.5. The number of carbonyl (C=O) groups is 2. The predicted octanol–water partition coefficient (Wildman–Crippen LogP) is 2.93. The molecule has 2 aromatic heterocycles. The van der Waals surface area contributed by atoms with E-state index in [1.165, 1.54) is 27.1 Å². The van der Waals surface area contributed by atoms with Gasteiger partial charge in [0.25, 0.3) is 5.91 Å². The van der Waals surface area contributed by atoms with Gasteiger partial charge in [-0.25, -0.2) is 4.79 Å². The van der Waals surface area contributed by atoms with E-state index in [1.54, 1.807) is 6.92 Å². The molecule has 0 aromatic carbocycles. The normalized spacial score (nSPS) is 12.9. The zero-order valence-corrected chi connectivity index (χ0v) is 17.5. The van der Waals surface area contributed by atoms with Crippen molar-refractivity contribution >= 4 is 51.2 Å². The Morgan fingerprint density at radius 2 is 2.07 bits per heavy atom. The van der Waals surface area contributed by atoms with Crippen molar-refractivity contribution in [1.29, 1.82) is 0 Å². The second kappa shape index (κ2) is 8.70. The van der Waals surface area contributed by atoms with Crippen LogP contribution in [-0.4, -0.2) is 33.4 Å². The van der Waals surface area contributed by atoms with Crippen LogP contribution in [0.2, 0.25) is 0 Å². The monoisotopic (exact) mass is 421 g/mol. The predicted molar refractivity (Wildman–Crippen MR) is 113 cm³/mol. The minimum atomic E-state index is -0.594. The van der Waals surface area contributed by atoms with Crippen molar-refractivity contribution in [2.24, 2.45) is 5.73 Å². The van der Waals surface area contributed by atoms with Crippen LogP contribution in [0.15, 0.2) is 6.20 Å². The SMILES string of the molecule is CCOC(=O)c1c(NC(=S)Nc2cnn(CC)c2C(N)=O)sc2c1CCCC2. The molecule has 0 saturated carbocycles. The van der Waals surface area contributed by atoms with Gasteiger partial charge in [-0.1, -0.05) is 0 Å². The Balaban J connectivity index is 1.85. The smallest absolute Gasteiger partial charge is 0.341 e. The van der Waals surface area contributed by atoms with E-state index in [0.717, 1.165) is 31.2 Å². The van der Waals surface area contributed by atoms with Crippen LogP contribution in [0.4, 0.5) is 10.7 Å². The lowest BCUT2D eigenvalue weighted by Gasteiger charge is -2.13. The van der Waals surface area contributed by atoms with Crippen molar-refractivity contribution in [1.82, 2.24) is 9.78 Å². The third kappa shape index (κ3) is 4.02. The molecule has 2 aromatic rings. The highest BCUT2D eigenvalue weighted by Crippen LogP contribution is 2.38. The number of thiophene rings is 1. The Labute approximate surface area is 172 Å². The fraction of sp³-hybridized carbons (Fsp3) is 0.444. The van der Waals surface area contributed by atoms with E-state index in [0.29, 0.717) is 29.4 Å². The molecule has 3 rings (SSSR count). The second-order valence-corrected chi connectivity index (χ2v) is 7.81. The maximum Gasteiger partial charge on any atom is 0.341 e. The lowest BCUT2D eigenvalue weighted by Crippen LogP contribution is -2.24. The fourth-order valence-electron chi connectivity index (χ4n) is 3.31. The molecule has 0 atom stereocenters. The summed E-state index contributed by atoms with van der Waals surface area (Å²) in [7, 11) is 0. The highest BCUT2D eigenvalue weighted by Gasteiger charge is 2.27. The fourth-order valence-corrected chi connectivity index (χ4v) is 4.86. The van der Waals surface area contributed by atoms with Crippen LogP contribution in [-0.2, 0) is 24.1 Å². The summed E-state index contributed by atoms with van der Waals surface area (Å²) in [5.74, 6) is -0.938. The van der Waals surface area contributed by atoms with Gasteiger partial charge in [0.15, 0.2) is 5.11 Å². The van der Waals surface area contributed by atoms with E-state index in [4.69, 9.17) is 22.7 Å². The number of hydrogen-bond donors (Lipinski definition) is 3. The van der Waals surface area contributed by atoms with E-state index >= 15 is 0 Å². The number of rotatable bonds is 6. The zero-order chi connectivity index (χ0) is 20.3. The summed E-state index contributed by atoms with van der Waals surface area (Å²) in [5.41, 5.74) is 7.75. The molecule has 0 spiro atoms. The van der Waals surface area contributed by atoms with Gasteiger partial charge in [0.2, 0.25) is 0 Å². The van der Waals surface area contributed by atoms with Crippen molar-refractivity contribution in [3.63, 3.8) is 0 Å². The molecule has 150 valence electrons. The van der Waals surface area contributed by atoms with Crippen LogP contribution < -0.4 is 16.4 Å². The van der Waals surface area contributed by atoms with Crippen molar-refractivity contribution in [2.45, 2.75) is 46.1 Å². The number of hydrogen-bond acceptors (Lipinski definition) is 6. The van der Waals surface area contributed by atoms with E-state index in [1.807, 2.05) is 6.92 Å². The molecular weight excluding hydrogens is 398 g/mol. The van der Waals surface area contributed by atoms with Crippen LogP contribution in [0, 0.1) is 0 Å². The molecule has 28 heavy (non-hydrogen) atoms. The van der Waals surface area contributed by atoms with Crippen LogP contribution in [0.3, 0.4) is 0 Å². The summed E-state index contributed by atoms with van der Waals surface area (Å²) in [6, 6.07) is 0. The molecule has 0 bridgehead atoms. The Morgan fingerprint density at radius 1 is 1.32 bits per heavy atom. The number of thiocarbonyl (C=S) groups is 1. The van der Waals surface area contributed by atoms with Crippen molar-refractivity contribution in [2.75, 3.05) is 17.2 Å². The van der Waals surface area contributed by atoms with Gasteiger partial charge in [0, 0.05) is 11.4 Å². The molecule has 0 fully saturated rings. The van der Waals surface area contributed by atoms with Gasteiger partial charge in [-0.2, -0.15) is 5.10 Å². The average Bonchev–Trinajstić information content (AvgIpc) is 3.22. The average molecular weight is 422 g/mol. The van der Waals surface area contributed by atoms with Gasteiger partial charge in [0.1, 0.15) is 10.7 Å². The number of anilines is 2. The lowest BCUT2D eigenvalue weighted by atomic mass is 9.95. The molecule has 2 heterocycles. The van der Waals surface area contributed by atoms with Gasteiger partial charge >= 0.3 is 5.97 Å². The number of ether oxygens (including phenoxy) is 1. The molecule has 4 N–H and O–H groups in total. The summed E-state index contributed by atoms with van der Waals surface area (Å²) in [5, 5.41) is 11.1. The van der Waals surface area contributed by atoms with E-state index < -0.39 is 5.91 Å². The molecular formula is C18H23N5O3S2. The highest BCUT2D eigenvalue weighted by molar-refractivity contribution is 7.80. The minimum Gasteiger partial charge on any atom is -0.462 e. The van der Waals surface area contributed by atoms with Crippen LogP contribution in [0.25, 0.3) is 0 Å². The number of primary amides is 1. The van der Waals surface area contributed by atoms with Crippen LogP contribution >= 0.6 is 23.6 Å². The number of nitrogens with two attached hydrogens (primary N) is 1. The Morgan fingerprint density at radius 3 is 2.75 bits per heavy atom. The van der Waals surface area contributed by atoms with E-state index in [9.17, 15) is 9.59 Å². The largest absolute Gasteiger partial charge is 0.462 e. The number of carbonyl (C=O) groups excluding carboxylic acids is 2. The first-order chi connectivity index (χ1) is 13.5. The van der Waals surface area contributed by atoms with Gasteiger partial charge in [-0.15, -0.1) is 11.3 Å². The first-order valence-corrected chi connectivity index (χ1v) is 10.4. The Kier molecular flexibility index (Phi) is 6.30. The Hall–Kier alpha value is -2.46. The van der Waals surface area contributed by atoms with Crippen LogP contribution in [0.5, 0.6) is 0 Å². The molecule has 0 aliphatic heterocycles. The molecule has 0 saturated heterocycles. The molecule has 1 aliphatic rings. The standard InChI is InChI=1S/C18H23N5O3S2/c1-3-23-14(15(19)24)11(9-20-23)21-18(27)22-16-13(17(25)26-4-2)10-7-5-6-8-12(10)28-16/h9H,3-8H2,1-2H3,(H2,19,24)(H2,21,22,27). The zero-order valence-electron chi connectivity index (χ0n) is 15.8. The van der Waals surface area contributed by atoms with Crippen molar-refractivity contribution in [3.05, 3.63) is 27.9 Å². The first-order valence-electron chi connectivity index (χ1n) is 9.21. The van der Waals surface area contributed by atoms with Crippen molar-refractivity contribution in [3.8, 4) is 0 Å². The molecule has 0 radical (unpaired) electrons. The number of aryl methyl sites for hydroxylation is 2. The third-order valence-corrected chi connectivity index (χ3v) is 5.91. The number of amides is 1. The second-order valence-electron chi connectivity index (χ2n) is 6.30. The van der Waals surface area contributed by atoms with Crippen molar-refractivity contribution < 1.29 is 14.3 Å². The third-order valence-electron chi connectivity index (χ3n) is 4.50. The van der Waals surface area contributed by atoms with Gasteiger partial charge < -0.3 is 21.1 Å². The van der Waals surface area contributed by atoms with Gasteiger partial charge in [-0.3, -0.25) is 9.48 Å². The molecule has 0 unspecified atom stereocenters. The topological polar surface area (TPSA) is 111 Å². The first kappa shape index (κ1) is 20.3. The summed E-state index contributed by atoms with van der Waals surface area (Å²) in [4.78, 5) is 25.5.